The molecule has 0 saturated carbocycles. The van der Waals surface area contributed by atoms with Crippen LogP contribution in [0.25, 0.3) is 12.2 Å². The predicted octanol–water partition coefficient (Wildman–Crippen LogP) is 5.52. The second-order valence-corrected chi connectivity index (χ2v) is 6.64. The van der Waals surface area contributed by atoms with Crippen molar-refractivity contribution in [1.82, 2.24) is 0 Å². The van der Waals surface area contributed by atoms with E-state index >= 15 is 0 Å². The third-order valence-electron chi connectivity index (χ3n) is 4.13. The molecule has 0 aliphatic carbocycles. The lowest BCUT2D eigenvalue weighted by atomic mass is 9.96. The van der Waals surface area contributed by atoms with Crippen LogP contribution in [0, 0.1) is 0 Å². The highest BCUT2D eigenvalue weighted by molar-refractivity contribution is 6.30. The maximum Gasteiger partial charge on any atom is 0.342 e. The first-order valence-corrected chi connectivity index (χ1v) is 8.84. The summed E-state index contributed by atoms with van der Waals surface area (Å²) in [5.41, 5.74) is 3.05. The van der Waals surface area contributed by atoms with Crippen LogP contribution in [0.1, 0.15) is 40.4 Å². The average Bonchev–Trinajstić information content (AvgIpc) is 2.65. The van der Waals surface area contributed by atoms with Gasteiger partial charge in [0.15, 0.2) is 0 Å². The molecular weight excluding hydrogens is 364 g/mol. The molecule has 2 rings (SSSR count). The third-order valence-corrected chi connectivity index (χ3v) is 4.38. The Morgan fingerprint density at radius 2 is 1.89 bits per heavy atom. The molecule has 0 bridgehead atoms. The van der Waals surface area contributed by atoms with Crippen LogP contribution in [0.3, 0.4) is 0 Å². The molecule has 0 unspecified atom stereocenters. The summed E-state index contributed by atoms with van der Waals surface area (Å²) in [6.07, 6.45) is 4.74. The molecule has 142 valence electrons. The number of carbonyl (C=O) groups is 1. The summed E-state index contributed by atoms with van der Waals surface area (Å²) >= 11 is 5.90. The van der Waals surface area contributed by atoms with E-state index in [1.165, 1.54) is 14.2 Å². The molecule has 0 atom stereocenters. The summed E-state index contributed by atoms with van der Waals surface area (Å²) in [6.45, 7) is 5.79. The van der Waals surface area contributed by atoms with Crippen LogP contribution in [0.4, 0.5) is 0 Å². The topological polar surface area (TPSA) is 55.8 Å². The number of rotatable bonds is 7. The summed E-state index contributed by atoms with van der Waals surface area (Å²) < 4.78 is 10.3. The van der Waals surface area contributed by atoms with Crippen molar-refractivity contribution in [3.63, 3.8) is 0 Å². The van der Waals surface area contributed by atoms with Gasteiger partial charge < -0.3 is 14.6 Å². The lowest BCUT2D eigenvalue weighted by molar-refractivity contribution is 0.0597. The van der Waals surface area contributed by atoms with E-state index < -0.39 is 5.97 Å². The molecule has 0 aliphatic heterocycles. The van der Waals surface area contributed by atoms with E-state index in [0.29, 0.717) is 34.7 Å². The van der Waals surface area contributed by atoms with Gasteiger partial charge in [-0.2, -0.15) is 0 Å². The van der Waals surface area contributed by atoms with E-state index in [-0.39, 0.29) is 11.3 Å². The molecule has 2 aromatic rings. The molecule has 0 radical (unpaired) electrons. The van der Waals surface area contributed by atoms with Crippen molar-refractivity contribution < 1.29 is 19.4 Å². The van der Waals surface area contributed by atoms with Gasteiger partial charge in [0.25, 0.3) is 0 Å². The minimum absolute atomic E-state index is 0.111. The highest BCUT2D eigenvalue weighted by Gasteiger charge is 2.22. The lowest BCUT2D eigenvalue weighted by Crippen LogP contribution is -2.07. The normalized spacial score (nSPS) is 10.8. The van der Waals surface area contributed by atoms with Gasteiger partial charge in [-0.1, -0.05) is 41.5 Å². The molecule has 0 fully saturated rings. The van der Waals surface area contributed by atoms with Crippen molar-refractivity contribution in [3.05, 3.63) is 69.8 Å². The number of ether oxygens (including phenoxy) is 2. The van der Waals surface area contributed by atoms with E-state index in [1.54, 1.807) is 24.3 Å². The first kappa shape index (κ1) is 20.6. The fraction of sp³-hybridized carbons (Fsp3) is 0.227. The van der Waals surface area contributed by atoms with E-state index in [9.17, 15) is 9.90 Å². The number of halogens is 1. The maximum atomic E-state index is 12.3. The second kappa shape index (κ2) is 9.28. The fourth-order valence-electron chi connectivity index (χ4n) is 2.67. The van der Waals surface area contributed by atoms with Crippen LogP contribution >= 0.6 is 11.6 Å². The number of hydrogen-bond acceptors (Lipinski definition) is 4. The van der Waals surface area contributed by atoms with Crippen molar-refractivity contribution in [2.75, 3.05) is 14.2 Å². The zero-order valence-corrected chi connectivity index (χ0v) is 16.5. The monoisotopic (exact) mass is 386 g/mol. The lowest BCUT2D eigenvalue weighted by Gasteiger charge is -2.16. The number of aromatic hydroxyl groups is 1. The summed E-state index contributed by atoms with van der Waals surface area (Å²) in [6, 6.07) is 9.00. The van der Waals surface area contributed by atoms with Gasteiger partial charge in [-0.25, -0.2) is 4.79 Å². The molecule has 0 spiro atoms. The molecule has 1 N–H and O–H groups in total. The summed E-state index contributed by atoms with van der Waals surface area (Å²) in [4.78, 5) is 12.3. The largest absolute Gasteiger partial charge is 0.507 e. The molecule has 27 heavy (non-hydrogen) atoms. The first-order valence-electron chi connectivity index (χ1n) is 8.46. The van der Waals surface area contributed by atoms with Gasteiger partial charge in [-0.15, -0.1) is 6.58 Å². The number of hydrogen-bond donors (Lipinski definition) is 1. The second-order valence-electron chi connectivity index (χ2n) is 6.20. The zero-order valence-electron chi connectivity index (χ0n) is 15.7. The summed E-state index contributed by atoms with van der Waals surface area (Å²) in [5, 5.41) is 11.4. The zero-order chi connectivity index (χ0) is 20.0. The molecule has 5 heteroatoms. The van der Waals surface area contributed by atoms with Gasteiger partial charge in [-0.3, -0.25) is 0 Å². The number of phenols is 1. The Kier molecular flexibility index (Phi) is 7.08. The van der Waals surface area contributed by atoms with Gasteiger partial charge in [0.2, 0.25) is 0 Å². The standard InChI is InChI=1S/C22H23ClO4/c1-14(2)5-12-18-19(26-3)13-16(20(21(18)24)22(25)27-4)9-6-15-7-10-17(23)11-8-15/h6-11,13,24H,1,5,12H2,2-4H3/b9-6+. The Hall–Kier alpha value is -2.72. The molecule has 0 aliphatic rings. The Bertz CT molecular complexity index is 867. The molecule has 0 aromatic heterocycles. The third kappa shape index (κ3) is 5.14. The molecule has 2 aromatic carbocycles. The van der Waals surface area contributed by atoms with Crippen molar-refractivity contribution in [2.45, 2.75) is 19.8 Å². The van der Waals surface area contributed by atoms with Crippen LogP contribution in [-0.4, -0.2) is 25.3 Å². The van der Waals surface area contributed by atoms with Gasteiger partial charge in [-0.05, 0) is 49.1 Å². The van der Waals surface area contributed by atoms with E-state index in [2.05, 4.69) is 6.58 Å². The van der Waals surface area contributed by atoms with Crippen LogP contribution < -0.4 is 4.74 Å². The SMILES string of the molecule is C=C(C)CCc1c(OC)cc(/C=C/c2ccc(Cl)cc2)c(C(=O)OC)c1O. The maximum absolute atomic E-state index is 12.3. The minimum Gasteiger partial charge on any atom is -0.507 e. The van der Waals surface area contributed by atoms with Crippen LogP contribution in [0.15, 0.2) is 42.5 Å². The number of esters is 1. The van der Waals surface area contributed by atoms with Gasteiger partial charge in [0.05, 0.1) is 14.2 Å². The molecule has 0 heterocycles. The van der Waals surface area contributed by atoms with Gasteiger partial charge in [0.1, 0.15) is 17.1 Å². The van der Waals surface area contributed by atoms with Crippen molar-refractivity contribution in [1.29, 1.82) is 0 Å². The van der Waals surface area contributed by atoms with Gasteiger partial charge >= 0.3 is 5.97 Å². The smallest absolute Gasteiger partial charge is 0.342 e. The Labute approximate surface area is 164 Å². The number of allylic oxidation sites excluding steroid dienone is 1. The Morgan fingerprint density at radius 3 is 2.44 bits per heavy atom. The molecule has 0 saturated heterocycles. The van der Waals surface area contributed by atoms with Crippen molar-refractivity contribution in [3.8, 4) is 11.5 Å². The van der Waals surface area contributed by atoms with Crippen molar-refractivity contribution >= 4 is 29.7 Å². The molecule has 4 nitrogen and oxygen atoms in total. The van der Waals surface area contributed by atoms with Crippen LogP contribution in [-0.2, 0) is 11.2 Å². The number of benzene rings is 2. The Balaban J connectivity index is 2.54. The van der Waals surface area contributed by atoms with E-state index in [0.717, 1.165) is 11.1 Å². The van der Waals surface area contributed by atoms with Crippen LogP contribution in [0.5, 0.6) is 11.5 Å². The molecular formula is C22H23ClO4. The predicted molar refractivity (Wildman–Crippen MR) is 110 cm³/mol. The number of methoxy groups -OCH3 is 2. The highest BCUT2D eigenvalue weighted by atomic mass is 35.5. The van der Waals surface area contributed by atoms with Gasteiger partial charge in [0, 0.05) is 10.6 Å². The fourth-order valence-corrected chi connectivity index (χ4v) is 2.80. The quantitative estimate of drug-likeness (QED) is 0.386. The Morgan fingerprint density at radius 1 is 1.22 bits per heavy atom. The number of carbonyl (C=O) groups excluding carboxylic acids is 1. The summed E-state index contributed by atoms with van der Waals surface area (Å²) in [7, 11) is 2.82. The summed E-state index contributed by atoms with van der Waals surface area (Å²) in [5.74, 6) is -0.224. The average molecular weight is 387 g/mol. The van der Waals surface area contributed by atoms with Crippen molar-refractivity contribution in [2.24, 2.45) is 0 Å². The minimum atomic E-state index is -0.609. The first-order chi connectivity index (χ1) is 12.9. The van der Waals surface area contributed by atoms with E-state index in [4.69, 9.17) is 21.1 Å². The molecule has 0 amide bonds. The van der Waals surface area contributed by atoms with E-state index in [1.807, 2.05) is 25.1 Å². The highest BCUT2D eigenvalue weighted by Crippen LogP contribution is 2.37. The number of phenolic OH excluding ortho intramolecular Hbond substituents is 1. The van der Waals surface area contributed by atoms with Crippen LogP contribution in [0.2, 0.25) is 5.02 Å².